The van der Waals surface area contributed by atoms with Crippen LogP contribution in [0.4, 0.5) is 0 Å². The van der Waals surface area contributed by atoms with Gasteiger partial charge in [0.25, 0.3) is 0 Å². The highest BCUT2D eigenvalue weighted by Crippen LogP contribution is 2.14. The van der Waals surface area contributed by atoms with E-state index in [4.69, 9.17) is 9.15 Å². The lowest BCUT2D eigenvalue weighted by Gasteiger charge is -2.05. The molecule has 0 aliphatic rings. The van der Waals surface area contributed by atoms with Crippen LogP contribution in [-0.4, -0.2) is 5.97 Å². The number of carbonyl (C=O) groups is 1. The first-order valence-corrected chi connectivity index (χ1v) is 12.4. The highest BCUT2D eigenvalue weighted by molar-refractivity contribution is 5.72. The maximum atomic E-state index is 11.8. The summed E-state index contributed by atoms with van der Waals surface area (Å²) in [6, 6.07) is 2.76. The zero-order valence-corrected chi connectivity index (χ0v) is 20.7. The van der Waals surface area contributed by atoms with E-state index in [1.807, 2.05) is 27.7 Å². The minimum absolute atomic E-state index is 0.276. The molecule has 0 amide bonds. The van der Waals surface area contributed by atoms with Crippen molar-refractivity contribution in [1.82, 2.24) is 0 Å². The standard InChI is InChI=1S/C22H36O4.2C2H6/c1-3-4-5-6-7-8-9-10-11-12-13-14-15-16-21(23)26-20-17-19(2)25-22(24)18-20;2*1-2/h17-18H,3-16H2,1-2H3;2*1-2H3. The van der Waals surface area contributed by atoms with E-state index in [1.54, 1.807) is 13.0 Å². The Morgan fingerprint density at radius 3 is 1.63 bits per heavy atom. The summed E-state index contributed by atoms with van der Waals surface area (Å²) in [5.41, 5.74) is -0.492. The van der Waals surface area contributed by atoms with E-state index in [0.717, 1.165) is 12.8 Å². The largest absolute Gasteiger partial charge is 0.428 e. The fraction of sp³-hybridized carbons (Fsp3) is 0.769. The first kappa shape index (κ1) is 30.6. The molecule has 0 unspecified atom stereocenters. The lowest BCUT2D eigenvalue weighted by molar-refractivity contribution is -0.134. The van der Waals surface area contributed by atoms with Crippen LogP contribution in [0.15, 0.2) is 21.3 Å². The van der Waals surface area contributed by atoms with E-state index >= 15 is 0 Å². The van der Waals surface area contributed by atoms with Crippen LogP contribution in [-0.2, 0) is 4.79 Å². The van der Waals surface area contributed by atoms with E-state index in [2.05, 4.69) is 6.92 Å². The predicted octanol–water partition coefficient (Wildman–Crippen LogP) is 8.39. The van der Waals surface area contributed by atoms with Gasteiger partial charge in [-0.3, -0.25) is 4.79 Å². The third-order valence-corrected chi connectivity index (χ3v) is 4.58. The second kappa shape index (κ2) is 23.7. The second-order valence-corrected chi connectivity index (χ2v) is 7.19. The number of carbonyl (C=O) groups excluding carboxylic acids is 1. The van der Waals surface area contributed by atoms with Crippen molar-refractivity contribution in [3.8, 4) is 5.75 Å². The average Bonchev–Trinajstić information content (AvgIpc) is 2.73. The van der Waals surface area contributed by atoms with E-state index in [-0.39, 0.29) is 11.7 Å². The molecular weight excluding hydrogens is 376 g/mol. The number of hydrogen-bond acceptors (Lipinski definition) is 4. The molecule has 0 aromatic carbocycles. The monoisotopic (exact) mass is 424 g/mol. The van der Waals surface area contributed by atoms with E-state index in [9.17, 15) is 9.59 Å². The summed E-state index contributed by atoms with van der Waals surface area (Å²) in [5.74, 6) is 0.442. The van der Waals surface area contributed by atoms with Gasteiger partial charge in [0.15, 0.2) is 0 Å². The van der Waals surface area contributed by atoms with Crippen LogP contribution in [0, 0.1) is 6.92 Å². The number of unbranched alkanes of at least 4 members (excludes halogenated alkanes) is 12. The Morgan fingerprint density at radius 2 is 1.20 bits per heavy atom. The van der Waals surface area contributed by atoms with Crippen LogP contribution in [0.3, 0.4) is 0 Å². The maximum Gasteiger partial charge on any atom is 0.339 e. The molecule has 4 heteroatoms. The van der Waals surface area contributed by atoms with Gasteiger partial charge >= 0.3 is 11.6 Å². The first-order valence-electron chi connectivity index (χ1n) is 12.4. The Balaban J connectivity index is 0. The molecule has 0 aliphatic heterocycles. The molecule has 30 heavy (non-hydrogen) atoms. The normalized spacial score (nSPS) is 9.80. The van der Waals surface area contributed by atoms with E-state index in [0.29, 0.717) is 12.2 Å². The average molecular weight is 425 g/mol. The Hall–Kier alpha value is -1.58. The van der Waals surface area contributed by atoms with Crippen LogP contribution in [0.2, 0.25) is 0 Å². The van der Waals surface area contributed by atoms with Gasteiger partial charge in [0.05, 0.1) is 6.07 Å². The zero-order chi connectivity index (χ0) is 23.0. The molecule has 1 aromatic heterocycles. The summed E-state index contributed by atoms with van der Waals surface area (Å²) < 4.78 is 10.0. The van der Waals surface area contributed by atoms with Crippen molar-refractivity contribution in [2.24, 2.45) is 0 Å². The lowest BCUT2D eigenvalue weighted by atomic mass is 10.0. The third-order valence-electron chi connectivity index (χ3n) is 4.58. The van der Waals surface area contributed by atoms with E-state index < -0.39 is 5.63 Å². The fourth-order valence-corrected chi connectivity index (χ4v) is 3.10. The molecule has 4 nitrogen and oxygen atoms in total. The fourth-order valence-electron chi connectivity index (χ4n) is 3.10. The summed E-state index contributed by atoms with van der Waals surface area (Å²) >= 11 is 0. The highest BCUT2D eigenvalue weighted by Gasteiger charge is 2.06. The van der Waals surface area contributed by atoms with Crippen molar-refractivity contribution in [1.29, 1.82) is 0 Å². The molecule has 0 fully saturated rings. The molecule has 0 aliphatic carbocycles. The van der Waals surface area contributed by atoms with Crippen molar-refractivity contribution >= 4 is 5.97 Å². The molecule has 0 spiro atoms. The van der Waals surface area contributed by atoms with Gasteiger partial charge in [0.2, 0.25) is 0 Å². The minimum Gasteiger partial charge on any atom is -0.428 e. The number of hydrogen-bond donors (Lipinski definition) is 0. The smallest absolute Gasteiger partial charge is 0.339 e. The van der Waals surface area contributed by atoms with Crippen LogP contribution in [0.25, 0.3) is 0 Å². The highest BCUT2D eigenvalue weighted by atomic mass is 16.5. The van der Waals surface area contributed by atoms with Crippen LogP contribution in [0.1, 0.15) is 130 Å². The van der Waals surface area contributed by atoms with Crippen molar-refractivity contribution < 1.29 is 13.9 Å². The molecule has 1 aromatic rings. The van der Waals surface area contributed by atoms with Crippen molar-refractivity contribution in [2.75, 3.05) is 0 Å². The molecule has 0 N–H and O–H groups in total. The molecule has 176 valence electrons. The molecule has 0 saturated heterocycles. The lowest BCUT2D eigenvalue weighted by Crippen LogP contribution is -2.09. The van der Waals surface area contributed by atoms with Crippen molar-refractivity contribution in [3.63, 3.8) is 0 Å². The molecule has 0 atom stereocenters. The molecule has 0 radical (unpaired) electrons. The topological polar surface area (TPSA) is 56.5 Å². The van der Waals surface area contributed by atoms with Crippen molar-refractivity contribution in [3.05, 3.63) is 28.3 Å². The summed E-state index contributed by atoms with van der Waals surface area (Å²) in [6.07, 6.45) is 17.0. The van der Waals surface area contributed by atoms with Crippen molar-refractivity contribution in [2.45, 2.75) is 131 Å². The third kappa shape index (κ3) is 19.7. The molecule has 0 bridgehead atoms. The van der Waals surface area contributed by atoms with E-state index in [1.165, 1.54) is 76.7 Å². The maximum absolute atomic E-state index is 11.8. The zero-order valence-electron chi connectivity index (χ0n) is 20.7. The minimum atomic E-state index is -0.492. The summed E-state index contributed by atoms with van der Waals surface area (Å²) in [5, 5.41) is 0. The van der Waals surface area contributed by atoms with Gasteiger partial charge in [-0.05, 0) is 13.3 Å². The SMILES string of the molecule is CC.CC.CCCCCCCCCCCCCCCC(=O)Oc1cc(C)oc(=O)c1. The Morgan fingerprint density at radius 1 is 0.767 bits per heavy atom. The number of ether oxygens (including phenoxy) is 1. The van der Waals surface area contributed by atoms with Gasteiger partial charge in [0.1, 0.15) is 11.5 Å². The second-order valence-electron chi connectivity index (χ2n) is 7.19. The molecular formula is C26H48O4. The van der Waals surface area contributed by atoms with Gasteiger partial charge in [0, 0.05) is 12.5 Å². The first-order chi connectivity index (χ1) is 14.6. The predicted molar refractivity (Wildman–Crippen MR) is 128 cm³/mol. The van der Waals surface area contributed by atoms with Gasteiger partial charge in [-0.25, -0.2) is 4.79 Å². The summed E-state index contributed by atoms with van der Waals surface area (Å²) in [6.45, 7) is 11.9. The summed E-state index contributed by atoms with van der Waals surface area (Å²) in [4.78, 5) is 23.0. The molecule has 1 rings (SSSR count). The number of esters is 1. The molecule has 1 heterocycles. The Bertz CT molecular complexity index is 548. The van der Waals surface area contributed by atoms with Crippen LogP contribution in [0.5, 0.6) is 5.75 Å². The molecule has 0 saturated carbocycles. The summed E-state index contributed by atoms with van der Waals surface area (Å²) in [7, 11) is 0. The van der Waals surface area contributed by atoms with Gasteiger partial charge in [-0.15, -0.1) is 0 Å². The van der Waals surface area contributed by atoms with Crippen LogP contribution >= 0.6 is 0 Å². The Labute approximate surface area is 185 Å². The van der Waals surface area contributed by atoms with Crippen LogP contribution < -0.4 is 10.4 Å². The van der Waals surface area contributed by atoms with Gasteiger partial charge in [-0.2, -0.15) is 0 Å². The quantitative estimate of drug-likeness (QED) is 0.209. The Kier molecular flexibility index (Phi) is 24.2. The van der Waals surface area contributed by atoms with Gasteiger partial charge < -0.3 is 9.15 Å². The number of aryl methyl sites for hydroxylation is 1. The number of rotatable bonds is 15. The van der Waals surface area contributed by atoms with Gasteiger partial charge in [-0.1, -0.05) is 112 Å².